The van der Waals surface area contributed by atoms with Gasteiger partial charge in [0.15, 0.2) is 0 Å². The molecule has 0 radical (unpaired) electrons. The van der Waals surface area contributed by atoms with E-state index in [4.69, 9.17) is 11.6 Å². The van der Waals surface area contributed by atoms with Gasteiger partial charge in [-0.1, -0.05) is 38.4 Å². The van der Waals surface area contributed by atoms with E-state index in [1.807, 2.05) is 20.8 Å². The molecule has 2 atom stereocenters. The van der Waals surface area contributed by atoms with Gasteiger partial charge in [-0.05, 0) is 49.0 Å². The van der Waals surface area contributed by atoms with Crippen LogP contribution in [0.25, 0.3) is 0 Å². The van der Waals surface area contributed by atoms with E-state index in [0.717, 1.165) is 19.3 Å². The summed E-state index contributed by atoms with van der Waals surface area (Å²) in [6, 6.07) is 4.17. The molecule has 1 N–H and O–H groups in total. The fraction of sp³-hybridized carbons (Fsp3) is 0.500. The smallest absolute Gasteiger partial charge is 0.297 e. The topological polar surface area (TPSA) is 86.8 Å². The van der Waals surface area contributed by atoms with Gasteiger partial charge in [0.25, 0.3) is 11.8 Å². The van der Waals surface area contributed by atoms with Crippen molar-refractivity contribution in [2.75, 3.05) is 6.54 Å². The predicted molar refractivity (Wildman–Crippen MR) is 119 cm³/mol. The molecule has 0 spiro atoms. The van der Waals surface area contributed by atoms with Crippen molar-refractivity contribution in [3.63, 3.8) is 0 Å². The van der Waals surface area contributed by atoms with Crippen LogP contribution in [0.4, 0.5) is 4.39 Å². The molecule has 9 heteroatoms. The van der Waals surface area contributed by atoms with Gasteiger partial charge in [-0.3, -0.25) is 24.1 Å². The highest BCUT2D eigenvalue weighted by Gasteiger charge is 2.57. The molecular formula is C24H27ClFN3O4. The molecule has 0 aromatic heterocycles. The van der Waals surface area contributed by atoms with Gasteiger partial charge in [-0.2, -0.15) is 0 Å². The first kappa shape index (κ1) is 23.4. The Morgan fingerprint density at radius 3 is 2.39 bits per heavy atom. The first-order chi connectivity index (χ1) is 15.7. The monoisotopic (exact) mass is 475 g/mol. The van der Waals surface area contributed by atoms with E-state index in [9.17, 15) is 23.6 Å². The molecular weight excluding hydrogens is 449 g/mol. The van der Waals surface area contributed by atoms with Crippen LogP contribution in [-0.2, 0) is 25.7 Å². The third-order valence-corrected chi connectivity index (χ3v) is 7.88. The second kappa shape index (κ2) is 8.56. The Labute approximate surface area is 196 Å². The molecule has 2 saturated heterocycles. The van der Waals surface area contributed by atoms with E-state index >= 15 is 0 Å². The minimum absolute atomic E-state index is 0.0562. The van der Waals surface area contributed by atoms with Crippen LogP contribution in [0.2, 0.25) is 5.02 Å². The Kier molecular flexibility index (Phi) is 6.07. The van der Waals surface area contributed by atoms with Crippen molar-refractivity contribution < 1.29 is 23.6 Å². The molecule has 1 aromatic carbocycles. The highest BCUT2D eigenvalue weighted by molar-refractivity contribution is 6.43. The molecule has 4 rings (SSSR count). The molecule has 3 aliphatic heterocycles. The largest absolute Gasteiger partial charge is 0.337 e. The molecule has 3 heterocycles. The summed E-state index contributed by atoms with van der Waals surface area (Å²) < 4.78 is 13.5. The number of carbonyl (C=O) groups is 4. The van der Waals surface area contributed by atoms with Crippen molar-refractivity contribution in [3.8, 4) is 0 Å². The lowest BCUT2D eigenvalue weighted by atomic mass is 9.75. The normalized spacial score (nSPS) is 23.2. The molecule has 0 bridgehead atoms. The van der Waals surface area contributed by atoms with Crippen molar-refractivity contribution in [1.29, 1.82) is 0 Å². The van der Waals surface area contributed by atoms with Crippen LogP contribution in [0, 0.1) is 17.2 Å². The molecule has 0 aliphatic carbocycles. The highest BCUT2D eigenvalue weighted by Crippen LogP contribution is 2.44. The number of hydrogen-bond donors (Lipinski definition) is 1. The van der Waals surface area contributed by atoms with Crippen LogP contribution in [0.1, 0.15) is 52.0 Å². The summed E-state index contributed by atoms with van der Waals surface area (Å²) in [6.45, 7) is 6.42. The van der Waals surface area contributed by atoms with E-state index in [2.05, 4.69) is 5.32 Å². The zero-order valence-corrected chi connectivity index (χ0v) is 19.7. The number of likely N-dealkylation sites (tertiary alicyclic amines) is 1. The summed E-state index contributed by atoms with van der Waals surface area (Å²) >= 11 is 5.85. The van der Waals surface area contributed by atoms with Gasteiger partial charge in [0.2, 0.25) is 11.7 Å². The number of Topliss-reactive ketones (excluding diaryl/α,β-unsaturated/α-hetero) is 1. The molecule has 7 nitrogen and oxygen atoms in total. The minimum atomic E-state index is -1.29. The zero-order chi connectivity index (χ0) is 24.1. The minimum Gasteiger partial charge on any atom is -0.337 e. The maximum atomic E-state index is 13.5. The maximum Gasteiger partial charge on any atom is 0.297 e. The second-order valence-electron chi connectivity index (χ2n) is 8.90. The average Bonchev–Trinajstić information content (AvgIpc) is 3.15. The Hall–Kier alpha value is -2.74. The molecule has 3 aliphatic rings. The zero-order valence-electron chi connectivity index (χ0n) is 18.9. The van der Waals surface area contributed by atoms with Crippen LogP contribution in [0.3, 0.4) is 0 Å². The molecule has 33 heavy (non-hydrogen) atoms. The van der Waals surface area contributed by atoms with E-state index in [1.165, 1.54) is 28.0 Å². The summed E-state index contributed by atoms with van der Waals surface area (Å²) in [5, 5.41) is 2.88. The average molecular weight is 476 g/mol. The van der Waals surface area contributed by atoms with Crippen molar-refractivity contribution >= 4 is 35.1 Å². The van der Waals surface area contributed by atoms with E-state index in [-0.39, 0.29) is 29.2 Å². The van der Waals surface area contributed by atoms with Crippen LogP contribution in [0.15, 0.2) is 29.5 Å². The van der Waals surface area contributed by atoms with E-state index in [0.29, 0.717) is 17.6 Å². The highest BCUT2D eigenvalue weighted by atomic mass is 35.5. The van der Waals surface area contributed by atoms with Gasteiger partial charge in [0, 0.05) is 18.5 Å². The Morgan fingerprint density at radius 1 is 1.12 bits per heavy atom. The number of rotatable bonds is 6. The number of fused-ring (bicyclic) bond motifs is 2. The number of nitrogens with one attached hydrogen (secondary N) is 1. The summed E-state index contributed by atoms with van der Waals surface area (Å²) in [6.07, 6.45) is 1.86. The maximum absolute atomic E-state index is 13.5. The number of halogens is 2. The van der Waals surface area contributed by atoms with Gasteiger partial charge in [0.05, 0.1) is 5.02 Å². The molecule has 2 fully saturated rings. The third-order valence-electron chi connectivity index (χ3n) is 7.59. The fourth-order valence-corrected chi connectivity index (χ4v) is 5.60. The summed E-state index contributed by atoms with van der Waals surface area (Å²) in [5.41, 5.74) is 0.814. The van der Waals surface area contributed by atoms with Crippen molar-refractivity contribution in [2.24, 2.45) is 11.3 Å². The number of ketones is 1. The number of benzene rings is 1. The van der Waals surface area contributed by atoms with Crippen molar-refractivity contribution in [1.82, 2.24) is 15.1 Å². The molecule has 1 aromatic rings. The standard InChI is InChI=1S/C24H27ClFN3O4/c1-4-24(5-2,6-3)23-27-20(31)18-14-9-10-28(12-13-7-8-16(26)15(25)11-13)21(32)17(14)19(30)22(33)29(18)23/h7-8,11,17,23H,4-6,9-10,12H2,1-3H3,(H,27,31). The second-order valence-corrected chi connectivity index (χ2v) is 9.31. The number of hydrogen-bond acceptors (Lipinski definition) is 4. The summed E-state index contributed by atoms with van der Waals surface area (Å²) in [4.78, 5) is 55.5. The van der Waals surface area contributed by atoms with Crippen molar-refractivity contribution in [3.05, 3.63) is 45.9 Å². The van der Waals surface area contributed by atoms with Crippen LogP contribution >= 0.6 is 11.6 Å². The third kappa shape index (κ3) is 3.55. The fourth-order valence-electron chi connectivity index (χ4n) is 5.40. The summed E-state index contributed by atoms with van der Waals surface area (Å²) in [7, 11) is 0. The van der Waals surface area contributed by atoms with Gasteiger partial charge in [-0.25, -0.2) is 4.39 Å². The number of amides is 3. The number of piperidine rings is 1. The lowest BCUT2D eigenvalue weighted by Crippen LogP contribution is -2.58. The molecule has 2 unspecified atom stereocenters. The van der Waals surface area contributed by atoms with E-state index < -0.39 is 41.4 Å². The number of carbonyl (C=O) groups excluding carboxylic acids is 4. The number of nitrogens with zero attached hydrogens (tertiary/aromatic N) is 2. The Balaban J connectivity index is 1.69. The quantitative estimate of drug-likeness (QED) is 0.505. The SMILES string of the molecule is CCC(CC)(CC)C1NC(=O)C2=C3CCN(Cc4ccc(F)c(Cl)c4)C(=O)C3C(=O)C(=O)N21. The van der Waals surface area contributed by atoms with Gasteiger partial charge < -0.3 is 10.2 Å². The first-order valence-corrected chi connectivity index (χ1v) is 11.7. The van der Waals surface area contributed by atoms with Gasteiger partial charge >= 0.3 is 0 Å². The van der Waals surface area contributed by atoms with Gasteiger partial charge in [0.1, 0.15) is 23.6 Å². The van der Waals surface area contributed by atoms with Crippen LogP contribution in [-0.4, -0.2) is 46.0 Å². The molecule has 176 valence electrons. The molecule has 3 amide bonds. The predicted octanol–water partition coefficient (Wildman–Crippen LogP) is 3.17. The van der Waals surface area contributed by atoms with Crippen LogP contribution in [0.5, 0.6) is 0 Å². The first-order valence-electron chi connectivity index (χ1n) is 11.3. The van der Waals surface area contributed by atoms with Crippen LogP contribution < -0.4 is 5.32 Å². The summed E-state index contributed by atoms with van der Waals surface area (Å²) in [5.74, 6) is -4.41. The lowest BCUT2D eigenvalue weighted by molar-refractivity contribution is -0.154. The molecule has 0 saturated carbocycles. The van der Waals surface area contributed by atoms with E-state index in [1.54, 1.807) is 0 Å². The lowest BCUT2D eigenvalue weighted by Gasteiger charge is -2.43. The Morgan fingerprint density at radius 2 is 1.79 bits per heavy atom. The van der Waals surface area contributed by atoms with Gasteiger partial charge in [-0.15, -0.1) is 0 Å². The Bertz CT molecular complexity index is 1070. The van der Waals surface area contributed by atoms with Crippen molar-refractivity contribution in [2.45, 2.75) is 59.2 Å².